The van der Waals surface area contributed by atoms with Crippen molar-refractivity contribution in [3.63, 3.8) is 0 Å². The van der Waals surface area contributed by atoms with Gasteiger partial charge in [-0.2, -0.15) is 17.5 Å². The lowest BCUT2D eigenvalue weighted by Crippen LogP contribution is -2.48. The summed E-state index contributed by atoms with van der Waals surface area (Å²) in [6.45, 7) is 1.41. The summed E-state index contributed by atoms with van der Waals surface area (Å²) in [5.74, 6) is 0. The van der Waals surface area contributed by atoms with Crippen LogP contribution in [0.1, 0.15) is 30.4 Å². The third-order valence-electron chi connectivity index (χ3n) is 3.67. The molecule has 1 heterocycles. The molecule has 0 bridgehead atoms. The monoisotopic (exact) mass is 322 g/mol. The van der Waals surface area contributed by atoms with Gasteiger partial charge in [-0.15, -0.1) is 0 Å². The predicted octanol–water partition coefficient (Wildman–Crippen LogP) is 2.47. The van der Waals surface area contributed by atoms with Gasteiger partial charge in [0.15, 0.2) is 0 Å². The minimum atomic E-state index is -4.58. The second-order valence-corrected chi connectivity index (χ2v) is 6.96. The minimum Gasteiger partial charge on any atom is -0.315 e. The van der Waals surface area contributed by atoms with E-state index in [1.807, 2.05) is 0 Å². The summed E-state index contributed by atoms with van der Waals surface area (Å²) in [6.07, 6.45) is -3.28. The van der Waals surface area contributed by atoms with Gasteiger partial charge in [0.1, 0.15) is 0 Å². The van der Waals surface area contributed by atoms with Crippen molar-refractivity contribution in [2.45, 2.75) is 43.4 Å². The van der Waals surface area contributed by atoms with E-state index in [1.54, 1.807) is 0 Å². The van der Waals surface area contributed by atoms with Gasteiger partial charge >= 0.3 is 6.18 Å². The summed E-state index contributed by atoms with van der Waals surface area (Å²) in [5.41, 5.74) is 4.58. The van der Waals surface area contributed by atoms with E-state index in [9.17, 15) is 21.6 Å². The topological polar surface area (TPSA) is 63.4 Å². The van der Waals surface area contributed by atoms with Gasteiger partial charge in [0, 0.05) is 6.54 Å². The highest BCUT2D eigenvalue weighted by molar-refractivity contribution is 7.89. The van der Waals surface area contributed by atoms with E-state index in [4.69, 9.17) is 5.73 Å². The fraction of sp³-hybridized carbons (Fsp3) is 0.538. The maximum atomic E-state index is 12.9. The molecular weight excluding hydrogens is 305 g/mol. The lowest BCUT2D eigenvalue weighted by Gasteiger charge is -2.32. The molecule has 0 saturated carbocycles. The van der Waals surface area contributed by atoms with Crippen LogP contribution in [0.5, 0.6) is 0 Å². The van der Waals surface area contributed by atoms with Gasteiger partial charge < -0.3 is 5.73 Å². The standard InChI is InChI=1S/C13H17F3N2O2S/c1-9-10(13(14,15)16)5-4-6-11(9)21(19,20)18-8-3-2-7-12(18)17/h4-6,12H,2-3,7-8,17H2,1H3. The van der Waals surface area contributed by atoms with Crippen LogP contribution in [0.15, 0.2) is 23.1 Å². The molecule has 8 heteroatoms. The van der Waals surface area contributed by atoms with E-state index in [0.29, 0.717) is 12.8 Å². The highest BCUT2D eigenvalue weighted by Crippen LogP contribution is 2.35. The average molecular weight is 322 g/mol. The molecule has 2 rings (SSSR count). The third-order valence-corrected chi connectivity index (χ3v) is 5.74. The van der Waals surface area contributed by atoms with Crippen molar-refractivity contribution in [2.75, 3.05) is 6.54 Å². The number of rotatable bonds is 2. The quantitative estimate of drug-likeness (QED) is 0.910. The van der Waals surface area contributed by atoms with E-state index in [2.05, 4.69) is 0 Å². The molecule has 21 heavy (non-hydrogen) atoms. The molecule has 4 nitrogen and oxygen atoms in total. The van der Waals surface area contributed by atoms with Crippen molar-refractivity contribution in [3.05, 3.63) is 29.3 Å². The molecule has 0 aliphatic carbocycles. The van der Waals surface area contributed by atoms with Gasteiger partial charge in [0.2, 0.25) is 10.0 Å². The van der Waals surface area contributed by atoms with Gasteiger partial charge in [-0.1, -0.05) is 6.07 Å². The van der Waals surface area contributed by atoms with E-state index >= 15 is 0 Å². The number of nitrogens with two attached hydrogens (primary N) is 1. The van der Waals surface area contributed by atoms with E-state index in [1.165, 1.54) is 13.0 Å². The van der Waals surface area contributed by atoms with Crippen LogP contribution in [0, 0.1) is 6.92 Å². The van der Waals surface area contributed by atoms with Crippen molar-refractivity contribution in [1.82, 2.24) is 4.31 Å². The van der Waals surface area contributed by atoms with Crippen LogP contribution in [0.4, 0.5) is 13.2 Å². The van der Waals surface area contributed by atoms with E-state index in [-0.39, 0.29) is 17.0 Å². The highest BCUT2D eigenvalue weighted by atomic mass is 32.2. The first-order chi connectivity index (χ1) is 9.65. The Morgan fingerprint density at radius 1 is 1.29 bits per heavy atom. The van der Waals surface area contributed by atoms with E-state index in [0.717, 1.165) is 22.9 Å². The van der Waals surface area contributed by atoms with Crippen molar-refractivity contribution >= 4 is 10.0 Å². The molecule has 1 aliphatic rings. The Kier molecular flexibility index (Phi) is 4.32. The summed E-state index contributed by atoms with van der Waals surface area (Å²) in [7, 11) is -4.02. The fourth-order valence-electron chi connectivity index (χ4n) is 2.56. The highest BCUT2D eigenvalue weighted by Gasteiger charge is 2.37. The van der Waals surface area contributed by atoms with Crippen LogP contribution < -0.4 is 5.73 Å². The molecule has 1 aromatic rings. The summed E-state index contributed by atoms with van der Waals surface area (Å²) in [5, 5.41) is 0. The molecule has 1 unspecified atom stereocenters. The second kappa shape index (κ2) is 5.58. The summed E-state index contributed by atoms with van der Waals surface area (Å²) in [4.78, 5) is -0.324. The third kappa shape index (κ3) is 3.07. The SMILES string of the molecule is Cc1c(C(F)(F)F)cccc1S(=O)(=O)N1CCCCC1N. The molecule has 1 saturated heterocycles. The Labute approximate surface area is 121 Å². The Bertz CT molecular complexity index is 629. The Morgan fingerprint density at radius 3 is 2.52 bits per heavy atom. The first-order valence-corrected chi connectivity index (χ1v) is 8.04. The molecule has 0 spiro atoms. The fourth-order valence-corrected chi connectivity index (χ4v) is 4.39. The lowest BCUT2D eigenvalue weighted by atomic mass is 10.1. The number of hydrogen-bond donors (Lipinski definition) is 1. The zero-order valence-corrected chi connectivity index (χ0v) is 12.3. The van der Waals surface area contributed by atoms with Crippen molar-refractivity contribution in [2.24, 2.45) is 5.73 Å². The van der Waals surface area contributed by atoms with Gasteiger partial charge in [-0.25, -0.2) is 8.42 Å². The number of sulfonamides is 1. The molecule has 1 aliphatic heterocycles. The number of nitrogens with zero attached hydrogens (tertiary/aromatic N) is 1. The van der Waals surface area contributed by atoms with Gasteiger partial charge in [-0.05, 0) is 43.9 Å². The molecule has 0 amide bonds. The van der Waals surface area contributed by atoms with Crippen LogP contribution in [0.2, 0.25) is 0 Å². The summed E-state index contributed by atoms with van der Waals surface area (Å²) in [6, 6.07) is 3.18. The summed E-state index contributed by atoms with van der Waals surface area (Å²) < 4.78 is 65.0. The first-order valence-electron chi connectivity index (χ1n) is 6.60. The number of hydrogen-bond acceptors (Lipinski definition) is 3. The van der Waals surface area contributed by atoms with Crippen molar-refractivity contribution in [1.29, 1.82) is 0 Å². The zero-order valence-electron chi connectivity index (χ0n) is 11.5. The maximum absolute atomic E-state index is 12.9. The average Bonchev–Trinajstić information content (AvgIpc) is 2.37. The van der Waals surface area contributed by atoms with Crippen LogP contribution >= 0.6 is 0 Å². The van der Waals surface area contributed by atoms with Crippen LogP contribution in [-0.2, 0) is 16.2 Å². The van der Waals surface area contributed by atoms with Crippen LogP contribution in [0.25, 0.3) is 0 Å². The lowest BCUT2D eigenvalue weighted by molar-refractivity contribution is -0.138. The van der Waals surface area contributed by atoms with Crippen LogP contribution in [-0.4, -0.2) is 25.4 Å². The molecule has 118 valence electrons. The molecule has 0 radical (unpaired) electrons. The second-order valence-electron chi connectivity index (χ2n) is 5.11. The van der Waals surface area contributed by atoms with Gasteiger partial charge in [0.05, 0.1) is 16.6 Å². The smallest absolute Gasteiger partial charge is 0.315 e. The number of piperidine rings is 1. The van der Waals surface area contributed by atoms with Gasteiger partial charge in [-0.3, -0.25) is 0 Å². The van der Waals surface area contributed by atoms with Gasteiger partial charge in [0.25, 0.3) is 0 Å². The number of alkyl halides is 3. The number of benzene rings is 1. The molecule has 2 N–H and O–H groups in total. The Morgan fingerprint density at radius 2 is 1.95 bits per heavy atom. The molecule has 1 fully saturated rings. The van der Waals surface area contributed by atoms with Crippen molar-refractivity contribution < 1.29 is 21.6 Å². The molecule has 1 atom stereocenters. The Balaban J connectivity index is 2.50. The van der Waals surface area contributed by atoms with Crippen LogP contribution in [0.3, 0.4) is 0 Å². The Hall–Kier alpha value is -1.12. The zero-order chi connectivity index (χ0) is 15.8. The largest absolute Gasteiger partial charge is 0.416 e. The molecule has 0 aromatic heterocycles. The van der Waals surface area contributed by atoms with E-state index < -0.39 is 27.9 Å². The maximum Gasteiger partial charge on any atom is 0.416 e. The molecule has 1 aromatic carbocycles. The first kappa shape index (κ1) is 16.3. The minimum absolute atomic E-state index is 0.235. The normalized spacial score (nSPS) is 21.5. The van der Waals surface area contributed by atoms with Crippen molar-refractivity contribution in [3.8, 4) is 0 Å². The predicted molar refractivity (Wildman–Crippen MR) is 71.9 cm³/mol. The number of halogens is 3. The molecular formula is C13H17F3N2O2S. The summed E-state index contributed by atoms with van der Waals surface area (Å²) >= 11 is 0.